The Morgan fingerprint density at radius 1 is 1.03 bits per heavy atom. The van der Waals surface area contributed by atoms with E-state index in [9.17, 15) is 10.2 Å². The minimum Gasteiger partial charge on any atom is -0.394 e. The Morgan fingerprint density at radius 2 is 1.72 bits per heavy atom. The van der Waals surface area contributed by atoms with E-state index < -0.39 is 18.4 Å². The molecule has 1 aliphatic heterocycles. The molecule has 3 N–H and O–H groups in total. The predicted molar refractivity (Wildman–Crippen MR) is 122 cm³/mol. The van der Waals surface area contributed by atoms with Crippen molar-refractivity contribution in [3.63, 3.8) is 0 Å². The highest BCUT2D eigenvalue weighted by Crippen LogP contribution is 2.37. The Labute approximate surface area is 185 Å². The first-order chi connectivity index (χ1) is 15.5. The van der Waals surface area contributed by atoms with Gasteiger partial charge in [0.1, 0.15) is 24.5 Å². The Hall–Kier alpha value is -3.33. The number of rotatable bonds is 5. The molecule has 3 atom stereocenters. The first-order valence-corrected chi connectivity index (χ1v) is 10.6. The van der Waals surface area contributed by atoms with Crippen LogP contribution >= 0.6 is 0 Å². The predicted octanol–water partition coefficient (Wildman–Crippen LogP) is 3.49. The fraction of sp³-hybridized carbons (Fsp3) is 0.292. The summed E-state index contributed by atoms with van der Waals surface area (Å²) < 4.78 is 7.86. The van der Waals surface area contributed by atoms with E-state index in [1.807, 2.05) is 66.9 Å². The molecule has 3 heterocycles. The zero-order valence-electron chi connectivity index (χ0n) is 17.9. The van der Waals surface area contributed by atoms with E-state index in [-0.39, 0.29) is 6.61 Å². The summed E-state index contributed by atoms with van der Waals surface area (Å²) in [5.41, 5.74) is 5.32. The largest absolute Gasteiger partial charge is 0.394 e. The maximum absolute atomic E-state index is 10.3. The molecule has 0 saturated carbocycles. The number of benzene rings is 2. The highest BCUT2D eigenvalue weighted by molar-refractivity contribution is 5.88. The lowest BCUT2D eigenvalue weighted by Crippen LogP contribution is -2.24. The normalized spacial score (nSPS) is 20.7. The number of hydrogen-bond acceptors (Lipinski definition) is 7. The third-order valence-electron chi connectivity index (χ3n) is 5.77. The minimum absolute atomic E-state index is 0.251. The van der Waals surface area contributed by atoms with Crippen molar-refractivity contribution < 1.29 is 14.9 Å². The molecule has 1 saturated heterocycles. The smallest absolute Gasteiger partial charge is 0.168 e. The Bertz CT molecular complexity index is 1240. The van der Waals surface area contributed by atoms with Gasteiger partial charge in [-0.2, -0.15) is 0 Å². The highest BCUT2D eigenvalue weighted by Gasteiger charge is 2.37. The monoisotopic (exact) mass is 431 g/mol. The van der Waals surface area contributed by atoms with E-state index in [0.29, 0.717) is 29.2 Å². The molecule has 2 aromatic carbocycles. The third-order valence-corrected chi connectivity index (χ3v) is 5.77. The number of nitrogens with one attached hydrogen (secondary N) is 1. The number of nitrogens with zero attached hydrogens (tertiary/aromatic N) is 4. The van der Waals surface area contributed by atoms with Crippen LogP contribution in [0.5, 0.6) is 0 Å². The molecule has 0 radical (unpaired) electrons. The summed E-state index contributed by atoms with van der Waals surface area (Å²) in [6, 6.07) is 16.1. The molecule has 0 unspecified atom stereocenters. The number of aromatic nitrogens is 4. The summed E-state index contributed by atoms with van der Waals surface area (Å²) in [6.07, 6.45) is -0.0910. The molecule has 4 aromatic rings. The van der Waals surface area contributed by atoms with Gasteiger partial charge in [-0.25, -0.2) is 15.0 Å². The van der Waals surface area contributed by atoms with Crippen molar-refractivity contribution in [2.75, 3.05) is 11.9 Å². The van der Waals surface area contributed by atoms with Crippen LogP contribution in [-0.2, 0) is 4.74 Å². The molecule has 8 heteroatoms. The standard InChI is InChI=1S/C24H25N5O3/c1-14-3-7-16(8-4-14)23-28-21-22(27-17-9-5-15(2)6-10-17)25-13-26-24(21)29(23)20-11-18(31)19(12-30)32-20/h3-10,13,18-20,30-31H,11-12H2,1-2H3,(H,25,26,27)/t18-,19+,20+/m0/s1. The topological polar surface area (TPSA) is 105 Å². The van der Waals surface area contributed by atoms with Gasteiger partial charge in [0, 0.05) is 17.7 Å². The highest BCUT2D eigenvalue weighted by atomic mass is 16.5. The number of aryl methyl sites for hydroxylation is 2. The molecule has 2 aromatic heterocycles. The Kier molecular flexibility index (Phi) is 5.34. The lowest BCUT2D eigenvalue weighted by atomic mass is 10.1. The van der Waals surface area contributed by atoms with E-state index in [0.717, 1.165) is 16.8 Å². The van der Waals surface area contributed by atoms with Crippen molar-refractivity contribution >= 4 is 22.7 Å². The van der Waals surface area contributed by atoms with Crippen molar-refractivity contribution in [1.82, 2.24) is 19.5 Å². The van der Waals surface area contributed by atoms with Gasteiger partial charge >= 0.3 is 0 Å². The van der Waals surface area contributed by atoms with Crippen molar-refractivity contribution in [2.24, 2.45) is 0 Å². The molecule has 0 aliphatic carbocycles. The number of anilines is 2. The third kappa shape index (κ3) is 3.73. The number of ether oxygens (including phenoxy) is 1. The van der Waals surface area contributed by atoms with Gasteiger partial charge in [0.2, 0.25) is 0 Å². The van der Waals surface area contributed by atoms with Gasteiger partial charge in [0.15, 0.2) is 17.0 Å². The van der Waals surface area contributed by atoms with Gasteiger partial charge in [0.05, 0.1) is 12.7 Å². The summed E-state index contributed by atoms with van der Waals surface area (Å²) >= 11 is 0. The summed E-state index contributed by atoms with van der Waals surface area (Å²) in [7, 11) is 0. The van der Waals surface area contributed by atoms with Crippen molar-refractivity contribution in [1.29, 1.82) is 0 Å². The molecule has 5 rings (SSSR count). The molecule has 164 valence electrons. The van der Waals surface area contributed by atoms with E-state index in [1.165, 1.54) is 11.9 Å². The summed E-state index contributed by atoms with van der Waals surface area (Å²) in [4.78, 5) is 13.8. The van der Waals surface area contributed by atoms with E-state index in [4.69, 9.17) is 9.72 Å². The van der Waals surface area contributed by atoms with Gasteiger partial charge in [0.25, 0.3) is 0 Å². The van der Waals surface area contributed by atoms with Gasteiger partial charge in [-0.05, 0) is 26.0 Å². The van der Waals surface area contributed by atoms with Crippen LogP contribution in [0.1, 0.15) is 23.8 Å². The second-order valence-electron chi connectivity index (χ2n) is 8.17. The molecule has 32 heavy (non-hydrogen) atoms. The lowest BCUT2D eigenvalue weighted by Gasteiger charge is -2.17. The molecule has 8 nitrogen and oxygen atoms in total. The first kappa shape index (κ1) is 20.6. The maximum atomic E-state index is 10.3. The summed E-state index contributed by atoms with van der Waals surface area (Å²) in [6.45, 7) is 3.82. The van der Waals surface area contributed by atoms with Crippen LogP contribution in [0.2, 0.25) is 0 Å². The second kappa shape index (κ2) is 8.31. The number of aliphatic hydroxyl groups excluding tert-OH is 2. The van der Waals surface area contributed by atoms with Gasteiger partial charge < -0.3 is 20.3 Å². The van der Waals surface area contributed by atoms with Crippen LogP contribution in [0.25, 0.3) is 22.6 Å². The average Bonchev–Trinajstić information content (AvgIpc) is 3.36. The second-order valence-corrected chi connectivity index (χ2v) is 8.17. The maximum Gasteiger partial charge on any atom is 0.168 e. The summed E-state index contributed by atoms with van der Waals surface area (Å²) in [5, 5.41) is 23.2. The Morgan fingerprint density at radius 3 is 2.38 bits per heavy atom. The lowest BCUT2D eigenvalue weighted by molar-refractivity contribution is -0.0426. The van der Waals surface area contributed by atoms with Crippen LogP contribution in [0, 0.1) is 13.8 Å². The zero-order valence-corrected chi connectivity index (χ0v) is 17.9. The van der Waals surface area contributed by atoms with Gasteiger partial charge in [-0.15, -0.1) is 0 Å². The van der Waals surface area contributed by atoms with Gasteiger partial charge in [-0.1, -0.05) is 47.5 Å². The van der Waals surface area contributed by atoms with E-state index in [1.54, 1.807) is 0 Å². The van der Waals surface area contributed by atoms with E-state index in [2.05, 4.69) is 15.3 Å². The SMILES string of the molecule is Cc1ccc(Nc2ncnc3c2nc(-c2ccc(C)cc2)n3[C@H]2C[C@H](O)[C@@H](CO)O2)cc1. The fourth-order valence-electron chi connectivity index (χ4n) is 3.99. The van der Waals surface area contributed by atoms with Crippen LogP contribution in [0.15, 0.2) is 54.9 Å². The molecule has 1 fully saturated rings. The van der Waals surface area contributed by atoms with Crippen molar-refractivity contribution in [3.05, 3.63) is 66.0 Å². The van der Waals surface area contributed by atoms with Crippen LogP contribution in [0.4, 0.5) is 11.5 Å². The molecule has 0 spiro atoms. The quantitative estimate of drug-likeness (QED) is 0.444. The van der Waals surface area contributed by atoms with Crippen molar-refractivity contribution in [3.8, 4) is 11.4 Å². The number of imidazole rings is 1. The van der Waals surface area contributed by atoms with Gasteiger partial charge in [-0.3, -0.25) is 4.57 Å². The molecule has 0 amide bonds. The summed E-state index contributed by atoms with van der Waals surface area (Å²) in [5.74, 6) is 1.26. The number of fused-ring (bicyclic) bond motifs is 1. The molecular formula is C24H25N5O3. The van der Waals surface area contributed by atoms with Crippen LogP contribution in [-0.4, -0.2) is 48.5 Å². The fourth-order valence-corrected chi connectivity index (χ4v) is 3.99. The van der Waals surface area contributed by atoms with Crippen LogP contribution in [0.3, 0.4) is 0 Å². The average molecular weight is 431 g/mol. The van der Waals surface area contributed by atoms with E-state index >= 15 is 0 Å². The molecule has 1 aliphatic rings. The molecular weight excluding hydrogens is 406 g/mol. The van der Waals surface area contributed by atoms with Crippen molar-refractivity contribution in [2.45, 2.75) is 38.7 Å². The molecule has 0 bridgehead atoms. The number of aliphatic hydroxyl groups is 2. The first-order valence-electron chi connectivity index (χ1n) is 10.6. The Balaban J connectivity index is 1.65. The zero-order chi connectivity index (χ0) is 22.2. The number of hydrogen-bond donors (Lipinski definition) is 3. The minimum atomic E-state index is -0.764. The van der Waals surface area contributed by atoms with Crippen LogP contribution < -0.4 is 5.32 Å².